The Hall–Kier alpha value is -2.39. The summed E-state index contributed by atoms with van der Waals surface area (Å²) in [5.41, 5.74) is 9.39. The number of fused-ring (bicyclic) bond motifs is 1. The Morgan fingerprint density at radius 1 is 1.24 bits per heavy atom. The first-order valence-electron chi connectivity index (χ1n) is 6.96. The van der Waals surface area contributed by atoms with Gasteiger partial charge in [-0.2, -0.15) is 0 Å². The van der Waals surface area contributed by atoms with Gasteiger partial charge in [-0.15, -0.1) is 0 Å². The molecule has 1 heterocycles. The number of nitrogens with zero attached hydrogens (tertiary/aromatic N) is 1. The van der Waals surface area contributed by atoms with Crippen LogP contribution in [0.5, 0.6) is 0 Å². The number of para-hydroxylation sites is 1. The highest BCUT2D eigenvalue weighted by atomic mass is 16.2. The van der Waals surface area contributed by atoms with Gasteiger partial charge in [0.15, 0.2) is 0 Å². The van der Waals surface area contributed by atoms with E-state index >= 15 is 0 Å². The van der Waals surface area contributed by atoms with Crippen LogP contribution in [0.3, 0.4) is 0 Å². The number of rotatable bonds is 4. The molecule has 0 radical (unpaired) electrons. The van der Waals surface area contributed by atoms with E-state index in [1.807, 2.05) is 36.4 Å². The zero-order chi connectivity index (χ0) is 15.2. The van der Waals surface area contributed by atoms with Crippen LogP contribution < -0.4 is 10.6 Å². The van der Waals surface area contributed by atoms with Crippen LogP contribution in [0.4, 0.5) is 5.69 Å². The van der Waals surface area contributed by atoms with Crippen LogP contribution in [-0.4, -0.2) is 19.0 Å². The predicted octanol–water partition coefficient (Wildman–Crippen LogP) is 3.06. The second-order valence-electron chi connectivity index (χ2n) is 4.80. The van der Waals surface area contributed by atoms with E-state index in [4.69, 9.17) is 5.73 Å². The summed E-state index contributed by atoms with van der Waals surface area (Å²) in [6.45, 7) is 8.50. The van der Waals surface area contributed by atoms with E-state index < -0.39 is 0 Å². The monoisotopic (exact) mass is 280 g/mol. The summed E-state index contributed by atoms with van der Waals surface area (Å²) >= 11 is 0. The number of hydrogen-bond donors (Lipinski definition) is 1. The molecule has 0 unspecified atom stereocenters. The second-order valence-corrected chi connectivity index (χ2v) is 4.80. The van der Waals surface area contributed by atoms with Gasteiger partial charge in [0.1, 0.15) is 0 Å². The van der Waals surface area contributed by atoms with E-state index in [2.05, 4.69) is 13.2 Å². The largest absolute Gasteiger partial charge is 0.330 e. The Labute approximate surface area is 125 Å². The SMILES string of the molecule is C=CC1=C(C=C)CN(C(=O)CCN)c2ccccc2C=C1. The molecule has 0 atom stereocenters. The van der Waals surface area contributed by atoms with Crippen molar-refractivity contribution in [1.29, 1.82) is 0 Å². The molecule has 1 aromatic carbocycles. The normalized spacial score (nSPS) is 14.2. The minimum Gasteiger partial charge on any atom is -0.330 e. The lowest BCUT2D eigenvalue weighted by Gasteiger charge is -2.27. The molecule has 108 valence electrons. The zero-order valence-electron chi connectivity index (χ0n) is 12.1. The van der Waals surface area contributed by atoms with E-state index in [1.54, 1.807) is 17.1 Å². The Kier molecular flexibility index (Phi) is 4.90. The predicted molar refractivity (Wildman–Crippen MR) is 88.9 cm³/mol. The third kappa shape index (κ3) is 3.20. The second kappa shape index (κ2) is 6.86. The van der Waals surface area contributed by atoms with E-state index in [0.29, 0.717) is 19.5 Å². The topological polar surface area (TPSA) is 46.3 Å². The fourth-order valence-corrected chi connectivity index (χ4v) is 2.37. The Morgan fingerprint density at radius 2 is 2.00 bits per heavy atom. The number of benzene rings is 1. The van der Waals surface area contributed by atoms with Gasteiger partial charge in [0.05, 0.1) is 12.2 Å². The molecule has 1 amide bonds. The lowest BCUT2D eigenvalue weighted by molar-refractivity contribution is -0.118. The maximum Gasteiger partial charge on any atom is 0.228 e. The van der Waals surface area contributed by atoms with Gasteiger partial charge in [-0.05, 0) is 22.8 Å². The first-order valence-corrected chi connectivity index (χ1v) is 6.96. The fraction of sp³-hybridized carbons (Fsp3) is 0.167. The van der Waals surface area contributed by atoms with Gasteiger partial charge in [0.2, 0.25) is 5.91 Å². The van der Waals surface area contributed by atoms with Crippen molar-refractivity contribution in [3.8, 4) is 0 Å². The number of carbonyl (C=O) groups excluding carboxylic acids is 1. The summed E-state index contributed by atoms with van der Waals surface area (Å²) in [4.78, 5) is 14.2. The molecule has 0 saturated heterocycles. The minimum absolute atomic E-state index is 0.0167. The van der Waals surface area contributed by atoms with Gasteiger partial charge < -0.3 is 10.6 Å². The van der Waals surface area contributed by atoms with Gasteiger partial charge >= 0.3 is 0 Å². The Balaban J connectivity index is 2.56. The molecule has 2 N–H and O–H groups in total. The van der Waals surface area contributed by atoms with Crippen LogP contribution in [-0.2, 0) is 4.79 Å². The highest BCUT2D eigenvalue weighted by Crippen LogP contribution is 2.27. The standard InChI is InChI=1S/C18H20N2O/c1-3-14-9-10-16-7-5-6-8-17(16)20(13-15(14)4-2)18(21)11-12-19/h3-10H,1-2,11-13,19H2. The average Bonchev–Trinajstić information content (AvgIpc) is 2.49. The molecule has 0 bridgehead atoms. The quantitative estimate of drug-likeness (QED) is 0.921. The molecule has 0 saturated carbocycles. The first-order chi connectivity index (χ1) is 10.2. The van der Waals surface area contributed by atoms with Crippen molar-refractivity contribution in [2.75, 3.05) is 18.0 Å². The fourth-order valence-electron chi connectivity index (χ4n) is 2.37. The Morgan fingerprint density at radius 3 is 2.67 bits per heavy atom. The summed E-state index contributed by atoms with van der Waals surface area (Å²) in [5.74, 6) is 0.0167. The molecule has 0 aliphatic carbocycles. The maximum absolute atomic E-state index is 12.4. The lowest BCUT2D eigenvalue weighted by Crippen LogP contribution is -2.35. The van der Waals surface area contributed by atoms with Crippen molar-refractivity contribution in [1.82, 2.24) is 0 Å². The van der Waals surface area contributed by atoms with Crippen LogP contribution in [0.2, 0.25) is 0 Å². The molecular formula is C18H20N2O. The molecular weight excluding hydrogens is 260 g/mol. The molecule has 1 aliphatic heterocycles. The van der Waals surface area contributed by atoms with Crippen LogP contribution >= 0.6 is 0 Å². The van der Waals surface area contributed by atoms with Crippen molar-refractivity contribution >= 4 is 17.7 Å². The number of anilines is 1. The minimum atomic E-state index is 0.0167. The molecule has 3 nitrogen and oxygen atoms in total. The summed E-state index contributed by atoms with van der Waals surface area (Å²) in [6, 6.07) is 7.84. The third-order valence-corrected chi connectivity index (χ3v) is 3.49. The molecule has 0 spiro atoms. The van der Waals surface area contributed by atoms with Crippen molar-refractivity contribution in [3.63, 3.8) is 0 Å². The molecule has 1 aliphatic rings. The first kappa shape index (κ1) is 15.0. The number of carbonyl (C=O) groups is 1. The van der Waals surface area contributed by atoms with Crippen LogP contribution in [0, 0.1) is 0 Å². The van der Waals surface area contributed by atoms with Gasteiger partial charge in [-0.3, -0.25) is 4.79 Å². The molecule has 2 rings (SSSR count). The third-order valence-electron chi connectivity index (χ3n) is 3.49. The van der Waals surface area contributed by atoms with Crippen LogP contribution in [0.1, 0.15) is 12.0 Å². The van der Waals surface area contributed by atoms with Crippen molar-refractivity contribution in [2.45, 2.75) is 6.42 Å². The molecule has 0 fully saturated rings. The van der Waals surface area contributed by atoms with E-state index in [1.165, 1.54) is 0 Å². The van der Waals surface area contributed by atoms with E-state index in [-0.39, 0.29) is 5.91 Å². The summed E-state index contributed by atoms with van der Waals surface area (Å²) in [6.07, 6.45) is 7.89. The number of amides is 1. The lowest BCUT2D eigenvalue weighted by atomic mass is 10.0. The number of hydrogen-bond acceptors (Lipinski definition) is 2. The molecule has 21 heavy (non-hydrogen) atoms. The smallest absolute Gasteiger partial charge is 0.228 e. The van der Waals surface area contributed by atoms with Gasteiger partial charge in [0, 0.05) is 13.0 Å². The van der Waals surface area contributed by atoms with Crippen molar-refractivity contribution in [3.05, 3.63) is 72.4 Å². The summed E-state index contributed by atoms with van der Waals surface area (Å²) < 4.78 is 0. The maximum atomic E-state index is 12.4. The molecule has 1 aromatic rings. The summed E-state index contributed by atoms with van der Waals surface area (Å²) in [7, 11) is 0. The highest BCUT2D eigenvalue weighted by molar-refractivity contribution is 5.96. The van der Waals surface area contributed by atoms with Gasteiger partial charge in [0.25, 0.3) is 0 Å². The highest BCUT2D eigenvalue weighted by Gasteiger charge is 2.20. The van der Waals surface area contributed by atoms with Crippen LogP contribution in [0.25, 0.3) is 6.08 Å². The van der Waals surface area contributed by atoms with Crippen molar-refractivity contribution < 1.29 is 4.79 Å². The number of nitrogens with two attached hydrogens (primary N) is 1. The zero-order valence-corrected chi connectivity index (χ0v) is 12.1. The Bertz CT molecular complexity index is 626. The van der Waals surface area contributed by atoms with E-state index in [9.17, 15) is 4.79 Å². The van der Waals surface area contributed by atoms with Gasteiger partial charge in [-0.25, -0.2) is 0 Å². The van der Waals surface area contributed by atoms with Crippen LogP contribution in [0.15, 0.2) is 66.8 Å². The molecule has 3 heteroatoms. The number of allylic oxidation sites excluding steroid dienone is 3. The van der Waals surface area contributed by atoms with E-state index in [0.717, 1.165) is 22.4 Å². The summed E-state index contributed by atoms with van der Waals surface area (Å²) in [5, 5.41) is 0. The van der Waals surface area contributed by atoms with Crippen molar-refractivity contribution in [2.24, 2.45) is 5.73 Å². The van der Waals surface area contributed by atoms with Gasteiger partial charge in [-0.1, -0.05) is 55.7 Å². The molecule has 0 aromatic heterocycles. The average molecular weight is 280 g/mol.